The summed E-state index contributed by atoms with van der Waals surface area (Å²) in [7, 11) is 1.53. The van der Waals surface area contributed by atoms with E-state index >= 15 is 0 Å². The molecule has 0 aliphatic carbocycles. The van der Waals surface area contributed by atoms with E-state index in [0.29, 0.717) is 27.9 Å². The number of ketones is 1. The van der Waals surface area contributed by atoms with E-state index in [2.05, 4.69) is 4.98 Å². The van der Waals surface area contributed by atoms with Crippen molar-refractivity contribution in [2.24, 2.45) is 7.05 Å². The molecule has 0 unspecified atom stereocenters. The number of halogens is 1. The Morgan fingerprint density at radius 3 is 2.39 bits per heavy atom. The van der Waals surface area contributed by atoms with Crippen molar-refractivity contribution < 1.29 is 19.1 Å². The van der Waals surface area contributed by atoms with E-state index in [-0.39, 0.29) is 28.9 Å². The Balaban J connectivity index is 1.49. The van der Waals surface area contributed by atoms with E-state index in [0.717, 1.165) is 4.57 Å². The van der Waals surface area contributed by atoms with Crippen molar-refractivity contribution in [3.8, 4) is 11.3 Å². The maximum absolute atomic E-state index is 13.8. The molecule has 6 aromatic rings. The van der Waals surface area contributed by atoms with Crippen LogP contribution in [-0.2, 0) is 13.6 Å². The number of fused-ring (bicyclic) bond motifs is 2. The predicted molar refractivity (Wildman–Crippen MR) is 150 cm³/mol. The number of imidazole rings is 1. The third kappa shape index (κ3) is 4.31. The molecule has 41 heavy (non-hydrogen) atoms. The van der Waals surface area contributed by atoms with Crippen LogP contribution < -0.4 is 11.2 Å². The van der Waals surface area contributed by atoms with Gasteiger partial charge in [0.1, 0.15) is 5.82 Å². The van der Waals surface area contributed by atoms with Crippen molar-refractivity contribution in [2.45, 2.75) is 6.54 Å². The van der Waals surface area contributed by atoms with Crippen LogP contribution in [0.3, 0.4) is 0 Å². The molecule has 0 radical (unpaired) electrons. The molecule has 202 valence electrons. The average Bonchev–Trinajstić information content (AvgIpc) is 3.38. The summed E-state index contributed by atoms with van der Waals surface area (Å²) in [5.41, 5.74) is 1.20. The summed E-state index contributed by atoms with van der Waals surface area (Å²) in [6, 6.07) is 21.6. The first kappa shape index (κ1) is 25.6. The van der Waals surface area contributed by atoms with E-state index in [1.807, 2.05) is 0 Å². The lowest BCUT2D eigenvalue weighted by molar-refractivity contribution is 0.0697. The van der Waals surface area contributed by atoms with Gasteiger partial charge in [-0.3, -0.25) is 23.1 Å². The van der Waals surface area contributed by atoms with E-state index < -0.39 is 28.8 Å². The van der Waals surface area contributed by atoms with Crippen molar-refractivity contribution in [1.29, 1.82) is 0 Å². The minimum atomic E-state index is -1.12. The van der Waals surface area contributed by atoms with Gasteiger partial charge in [0, 0.05) is 24.4 Å². The maximum Gasteiger partial charge on any atom is 0.336 e. The number of carboxylic acids is 1. The number of nitrogens with zero attached hydrogens (tertiary/aromatic N) is 4. The van der Waals surface area contributed by atoms with Crippen molar-refractivity contribution >= 4 is 28.2 Å². The smallest absolute Gasteiger partial charge is 0.336 e. The Labute approximate surface area is 231 Å². The number of carboxylic acid groups (broad SMARTS) is 1. The lowest BCUT2D eigenvalue weighted by atomic mass is 10.0. The highest BCUT2D eigenvalue weighted by molar-refractivity contribution is 6.10. The monoisotopic (exact) mass is 548 g/mol. The number of carbonyl (C=O) groups excluding carboxylic acids is 1. The molecule has 3 heterocycles. The lowest BCUT2D eigenvalue weighted by Crippen LogP contribution is -2.39. The molecule has 9 nitrogen and oxygen atoms in total. The topological polar surface area (TPSA) is 116 Å². The maximum atomic E-state index is 13.8. The van der Waals surface area contributed by atoms with Crippen LogP contribution in [0.4, 0.5) is 4.39 Å². The summed E-state index contributed by atoms with van der Waals surface area (Å²) >= 11 is 0. The van der Waals surface area contributed by atoms with Gasteiger partial charge in [0.2, 0.25) is 5.78 Å². The Bertz CT molecular complexity index is 2140. The fraction of sp³-hybridized carbons (Fsp3) is 0.0645. The predicted octanol–water partition coefficient (Wildman–Crippen LogP) is 4.13. The summed E-state index contributed by atoms with van der Waals surface area (Å²) in [5.74, 6) is -2.02. The number of carbonyl (C=O) groups is 2. The van der Waals surface area contributed by atoms with Gasteiger partial charge in [-0.25, -0.2) is 19.0 Å². The quantitative estimate of drug-likeness (QED) is 0.313. The standard InChI is InChI=1S/C31H21FN4O5/c1-34-24-14-11-19(16-23(24)29(38)36(31(34)41)17-18-9-12-20(32)13-10-18)27(37)28-33-26(25-8-4-5-15-35(25)28)21-6-2-3-7-22(21)30(39)40/h2-16H,17H2,1H3,(H,39,40). The Kier molecular flexibility index (Phi) is 6.15. The summed E-state index contributed by atoms with van der Waals surface area (Å²) in [4.78, 5) is 56.8. The highest BCUT2D eigenvalue weighted by Crippen LogP contribution is 2.29. The van der Waals surface area contributed by atoms with Gasteiger partial charge in [0.25, 0.3) is 5.56 Å². The minimum Gasteiger partial charge on any atom is -0.478 e. The number of rotatable bonds is 6. The van der Waals surface area contributed by atoms with E-state index in [1.54, 1.807) is 47.0 Å². The largest absolute Gasteiger partial charge is 0.478 e. The fourth-order valence-electron chi connectivity index (χ4n) is 4.97. The molecular weight excluding hydrogens is 527 g/mol. The van der Waals surface area contributed by atoms with Crippen molar-refractivity contribution in [1.82, 2.24) is 18.5 Å². The summed E-state index contributed by atoms with van der Waals surface area (Å²) < 4.78 is 17.3. The number of aromatic carboxylic acids is 1. The van der Waals surface area contributed by atoms with Crippen LogP contribution in [0.15, 0.2) is 101 Å². The van der Waals surface area contributed by atoms with Crippen molar-refractivity contribution in [3.63, 3.8) is 0 Å². The first-order valence-corrected chi connectivity index (χ1v) is 12.6. The fourth-order valence-corrected chi connectivity index (χ4v) is 4.97. The van der Waals surface area contributed by atoms with E-state index in [4.69, 9.17) is 0 Å². The molecule has 0 atom stereocenters. The molecule has 0 spiro atoms. The van der Waals surface area contributed by atoms with Gasteiger partial charge in [-0.15, -0.1) is 0 Å². The molecule has 0 amide bonds. The highest BCUT2D eigenvalue weighted by atomic mass is 19.1. The third-order valence-electron chi connectivity index (χ3n) is 7.03. The normalized spacial score (nSPS) is 11.3. The summed E-state index contributed by atoms with van der Waals surface area (Å²) in [6.07, 6.45) is 1.66. The van der Waals surface area contributed by atoms with Crippen LogP contribution in [0, 0.1) is 5.82 Å². The van der Waals surface area contributed by atoms with E-state index in [9.17, 15) is 28.7 Å². The lowest BCUT2D eigenvalue weighted by Gasteiger charge is -2.12. The number of aryl methyl sites for hydroxylation is 1. The molecule has 0 fully saturated rings. The van der Waals surface area contributed by atoms with Gasteiger partial charge in [-0.1, -0.05) is 36.4 Å². The van der Waals surface area contributed by atoms with Gasteiger partial charge in [0.05, 0.1) is 34.2 Å². The Morgan fingerprint density at radius 2 is 1.63 bits per heavy atom. The SMILES string of the molecule is Cn1c(=O)n(Cc2ccc(F)cc2)c(=O)c2cc(C(=O)c3nc(-c4ccccc4C(=O)O)c4ccccn34)ccc21. The van der Waals surface area contributed by atoms with E-state index in [1.165, 1.54) is 60.1 Å². The third-order valence-corrected chi connectivity index (χ3v) is 7.03. The molecular formula is C31H21FN4O5. The first-order valence-electron chi connectivity index (χ1n) is 12.6. The molecule has 0 bridgehead atoms. The second-order valence-corrected chi connectivity index (χ2v) is 9.51. The summed E-state index contributed by atoms with van der Waals surface area (Å²) in [5, 5.41) is 9.87. The molecule has 0 saturated heterocycles. The number of hydrogen-bond acceptors (Lipinski definition) is 5. The number of aromatic nitrogens is 4. The van der Waals surface area contributed by atoms with Gasteiger partial charge >= 0.3 is 11.7 Å². The second kappa shape index (κ2) is 9.83. The number of pyridine rings is 1. The zero-order valence-corrected chi connectivity index (χ0v) is 21.6. The molecule has 3 aromatic carbocycles. The molecule has 0 aliphatic heterocycles. The minimum absolute atomic E-state index is 0.0339. The van der Waals surface area contributed by atoms with Crippen LogP contribution in [0.1, 0.15) is 32.1 Å². The number of benzene rings is 3. The summed E-state index contributed by atoms with van der Waals surface area (Å²) in [6.45, 7) is -0.0723. The Hall–Kier alpha value is -5.64. The molecule has 1 N–H and O–H groups in total. The second-order valence-electron chi connectivity index (χ2n) is 9.51. The van der Waals surface area contributed by atoms with Gasteiger partial charge in [0.15, 0.2) is 5.82 Å². The Morgan fingerprint density at radius 1 is 0.902 bits per heavy atom. The van der Waals surface area contributed by atoms with Crippen molar-refractivity contribution in [3.05, 3.63) is 140 Å². The average molecular weight is 549 g/mol. The van der Waals surface area contributed by atoms with Gasteiger partial charge in [-0.2, -0.15) is 0 Å². The molecule has 0 saturated carbocycles. The zero-order valence-electron chi connectivity index (χ0n) is 21.6. The van der Waals surface area contributed by atoms with Gasteiger partial charge < -0.3 is 5.11 Å². The highest BCUT2D eigenvalue weighted by Gasteiger charge is 2.23. The zero-order chi connectivity index (χ0) is 28.8. The van der Waals surface area contributed by atoms with Crippen LogP contribution in [0.5, 0.6) is 0 Å². The number of hydrogen-bond donors (Lipinski definition) is 1. The first-order chi connectivity index (χ1) is 19.7. The molecule has 0 aliphatic rings. The molecule has 10 heteroatoms. The van der Waals surface area contributed by atoms with Crippen molar-refractivity contribution in [2.75, 3.05) is 0 Å². The molecule has 3 aromatic heterocycles. The van der Waals surface area contributed by atoms with Crippen LogP contribution in [-0.4, -0.2) is 35.4 Å². The van der Waals surface area contributed by atoms with Crippen LogP contribution in [0.2, 0.25) is 0 Å². The van der Waals surface area contributed by atoms with Gasteiger partial charge in [-0.05, 0) is 54.1 Å². The van der Waals surface area contributed by atoms with Crippen LogP contribution >= 0.6 is 0 Å². The molecule has 6 rings (SSSR count). The van der Waals surface area contributed by atoms with Crippen LogP contribution in [0.25, 0.3) is 27.7 Å².